The van der Waals surface area contributed by atoms with Gasteiger partial charge in [0.25, 0.3) is 0 Å². The van der Waals surface area contributed by atoms with Gasteiger partial charge in [0.15, 0.2) is 0 Å². The van der Waals surface area contributed by atoms with E-state index in [-0.39, 0.29) is 37.1 Å². The first-order valence-corrected chi connectivity index (χ1v) is 14.0. The van der Waals surface area contributed by atoms with E-state index in [1.807, 2.05) is 60.7 Å². The number of esters is 2. The summed E-state index contributed by atoms with van der Waals surface area (Å²) >= 11 is 0. The van der Waals surface area contributed by atoms with Gasteiger partial charge in [-0.1, -0.05) is 73.5 Å². The molecule has 0 spiro atoms. The Morgan fingerprint density at radius 2 is 1.61 bits per heavy atom. The van der Waals surface area contributed by atoms with Crippen molar-refractivity contribution >= 4 is 17.8 Å². The van der Waals surface area contributed by atoms with Gasteiger partial charge in [-0.3, -0.25) is 14.9 Å². The average Bonchev–Trinajstić information content (AvgIpc) is 3.34. The van der Waals surface area contributed by atoms with E-state index >= 15 is 0 Å². The van der Waals surface area contributed by atoms with E-state index in [2.05, 4.69) is 5.32 Å². The van der Waals surface area contributed by atoms with Crippen LogP contribution in [0.15, 0.2) is 60.7 Å². The lowest BCUT2D eigenvalue weighted by atomic mass is 9.84. The molecular formula is C31H40N2O5. The third-order valence-electron chi connectivity index (χ3n) is 7.80. The average molecular weight is 521 g/mol. The SMILES string of the molecule is CCOC(=O)[C@H](CCc1ccccc1)N[C@@H](C)C(=O)N1[C@@H]2CCCC[C@@H]2C[C@H]1C(=O)OCc1ccccc1. The van der Waals surface area contributed by atoms with E-state index in [9.17, 15) is 14.4 Å². The van der Waals surface area contributed by atoms with Crippen molar-refractivity contribution in [3.8, 4) is 0 Å². The smallest absolute Gasteiger partial charge is 0.329 e. The summed E-state index contributed by atoms with van der Waals surface area (Å²) in [6, 6.07) is 17.7. The monoisotopic (exact) mass is 520 g/mol. The van der Waals surface area contributed by atoms with Crippen LogP contribution in [0.2, 0.25) is 0 Å². The van der Waals surface area contributed by atoms with E-state index < -0.39 is 18.1 Å². The van der Waals surface area contributed by atoms with Crippen LogP contribution in [0, 0.1) is 5.92 Å². The second-order valence-corrected chi connectivity index (χ2v) is 10.4. The molecule has 5 atom stereocenters. The summed E-state index contributed by atoms with van der Waals surface area (Å²) < 4.78 is 11.0. The molecule has 1 aliphatic heterocycles. The second kappa shape index (κ2) is 13.6. The van der Waals surface area contributed by atoms with Gasteiger partial charge in [-0.2, -0.15) is 0 Å². The van der Waals surface area contributed by atoms with Crippen LogP contribution in [0.25, 0.3) is 0 Å². The topological polar surface area (TPSA) is 84.9 Å². The number of benzene rings is 2. The highest BCUT2D eigenvalue weighted by Gasteiger charge is 2.49. The standard InChI is InChI=1S/C31H40N2O5/c1-3-37-30(35)26(19-18-23-12-6-4-7-13-23)32-22(2)29(34)33-27-17-11-10-16-25(27)20-28(33)31(36)38-21-24-14-8-5-9-15-24/h4-9,12-15,22,25-28,32H,3,10-11,16-21H2,1-2H3/t22-,25+,26-,27+,28-/m0/s1. The zero-order chi connectivity index (χ0) is 26.9. The van der Waals surface area contributed by atoms with Gasteiger partial charge >= 0.3 is 11.9 Å². The molecule has 0 unspecified atom stereocenters. The van der Waals surface area contributed by atoms with Gasteiger partial charge in [-0.15, -0.1) is 0 Å². The Kier molecular flexibility index (Phi) is 9.93. The first-order valence-electron chi connectivity index (χ1n) is 14.0. The normalized spacial score (nSPS) is 22.3. The molecule has 1 saturated heterocycles. The Labute approximate surface area is 225 Å². The minimum absolute atomic E-state index is 0.0279. The van der Waals surface area contributed by atoms with Gasteiger partial charge in [0.05, 0.1) is 12.6 Å². The van der Waals surface area contributed by atoms with Crippen LogP contribution < -0.4 is 5.32 Å². The first-order chi connectivity index (χ1) is 18.5. The molecule has 38 heavy (non-hydrogen) atoms. The lowest BCUT2D eigenvalue weighted by molar-refractivity contribution is -0.157. The molecule has 1 amide bonds. The minimum Gasteiger partial charge on any atom is -0.465 e. The Balaban J connectivity index is 1.45. The zero-order valence-electron chi connectivity index (χ0n) is 22.5. The largest absolute Gasteiger partial charge is 0.465 e. The van der Waals surface area contributed by atoms with Crippen LogP contribution in [0.1, 0.15) is 63.5 Å². The highest BCUT2D eigenvalue weighted by Crippen LogP contribution is 2.40. The highest BCUT2D eigenvalue weighted by atomic mass is 16.5. The van der Waals surface area contributed by atoms with E-state index in [0.717, 1.165) is 36.8 Å². The number of nitrogens with one attached hydrogen (secondary N) is 1. The van der Waals surface area contributed by atoms with Gasteiger partial charge in [-0.25, -0.2) is 4.79 Å². The number of rotatable bonds is 11. The fourth-order valence-corrected chi connectivity index (χ4v) is 5.88. The Morgan fingerprint density at radius 1 is 0.947 bits per heavy atom. The van der Waals surface area contributed by atoms with Crippen molar-refractivity contribution in [2.75, 3.05) is 6.61 Å². The van der Waals surface area contributed by atoms with Crippen LogP contribution in [-0.2, 0) is 36.9 Å². The van der Waals surface area contributed by atoms with Crippen LogP contribution in [0.3, 0.4) is 0 Å². The molecule has 7 heteroatoms. The number of likely N-dealkylation sites (tertiary alicyclic amines) is 1. The molecule has 2 aromatic carbocycles. The maximum absolute atomic E-state index is 13.9. The van der Waals surface area contributed by atoms with E-state index in [1.54, 1.807) is 18.7 Å². The summed E-state index contributed by atoms with van der Waals surface area (Å²) in [5.74, 6) is -0.572. The maximum Gasteiger partial charge on any atom is 0.329 e. The fraction of sp³-hybridized carbons (Fsp3) is 0.516. The Hall–Kier alpha value is -3.19. The van der Waals surface area contributed by atoms with E-state index in [1.165, 1.54) is 0 Å². The second-order valence-electron chi connectivity index (χ2n) is 10.4. The van der Waals surface area contributed by atoms with Gasteiger partial charge in [0.1, 0.15) is 18.7 Å². The Bertz CT molecular complexity index is 1060. The molecule has 204 valence electrons. The van der Waals surface area contributed by atoms with E-state index in [4.69, 9.17) is 9.47 Å². The predicted octanol–water partition coefficient (Wildman–Crippen LogP) is 4.43. The molecular weight excluding hydrogens is 480 g/mol. The summed E-state index contributed by atoms with van der Waals surface area (Å²) in [6.45, 7) is 4.01. The van der Waals surface area contributed by atoms with Gasteiger partial charge in [0, 0.05) is 6.04 Å². The molecule has 1 aliphatic carbocycles. The molecule has 4 rings (SSSR count). The third-order valence-corrected chi connectivity index (χ3v) is 7.80. The van der Waals surface area contributed by atoms with Gasteiger partial charge in [-0.05, 0) is 63.0 Å². The van der Waals surface area contributed by atoms with Crippen molar-refractivity contribution in [3.63, 3.8) is 0 Å². The predicted molar refractivity (Wildman–Crippen MR) is 145 cm³/mol. The van der Waals surface area contributed by atoms with Crippen LogP contribution in [-0.4, -0.2) is 53.5 Å². The first kappa shape index (κ1) is 27.8. The summed E-state index contributed by atoms with van der Waals surface area (Å²) in [5.41, 5.74) is 2.04. The van der Waals surface area contributed by atoms with Crippen molar-refractivity contribution in [1.82, 2.24) is 10.2 Å². The molecule has 1 N–H and O–H groups in total. The number of ether oxygens (including phenoxy) is 2. The fourth-order valence-electron chi connectivity index (χ4n) is 5.88. The van der Waals surface area contributed by atoms with E-state index in [0.29, 0.717) is 25.2 Å². The number of aryl methyl sites for hydroxylation is 1. The van der Waals surface area contributed by atoms with Gasteiger partial charge < -0.3 is 14.4 Å². The summed E-state index contributed by atoms with van der Waals surface area (Å²) in [7, 11) is 0. The number of nitrogens with zero attached hydrogens (tertiary/aromatic N) is 1. The number of hydrogen-bond acceptors (Lipinski definition) is 6. The zero-order valence-corrected chi connectivity index (χ0v) is 22.5. The molecule has 0 aromatic heterocycles. The minimum atomic E-state index is -0.648. The highest BCUT2D eigenvalue weighted by molar-refractivity contribution is 5.89. The van der Waals surface area contributed by atoms with Crippen LogP contribution >= 0.6 is 0 Å². The lowest BCUT2D eigenvalue weighted by Crippen LogP contribution is -2.56. The molecule has 7 nitrogen and oxygen atoms in total. The number of carbonyl (C=O) groups excluding carboxylic acids is 3. The van der Waals surface area contributed by atoms with Crippen molar-refractivity contribution in [2.24, 2.45) is 5.92 Å². The Morgan fingerprint density at radius 3 is 2.29 bits per heavy atom. The quantitative estimate of drug-likeness (QED) is 0.441. The van der Waals surface area contributed by atoms with Crippen molar-refractivity contribution in [3.05, 3.63) is 71.8 Å². The number of hydrogen-bond donors (Lipinski definition) is 1. The van der Waals surface area contributed by atoms with Crippen molar-refractivity contribution in [1.29, 1.82) is 0 Å². The summed E-state index contributed by atoms with van der Waals surface area (Å²) in [5, 5.41) is 3.24. The molecule has 1 heterocycles. The summed E-state index contributed by atoms with van der Waals surface area (Å²) in [4.78, 5) is 41.7. The molecule has 0 bridgehead atoms. The molecule has 2 aliphatic rings. The molecule has 1 saturated carbocycles. The van der Waals surface area contributed by atoms with Crippen molar-refractivity contribution in [2.45, 2.75) is 89.6 Å². The van der Waals surface area contributed by atoms with Crippen LogP contribution in [0.4, 0.5) is 0 Å². The number of amides is 1. The number of fused-ring (bicyclic) bond motifs is 1. The molecule has 0 radical (unpaired) electrons. The van der Waals surface area contributed by atoms with Crippen LogP contribution in [0.5, 0.6) is 0 Å². The molecule has 2 aromatic rings. The summed E-state index contributed by atoms with van der Waals surface area (Å²) in [6.07, 6.45) is 5.89. The lowest BCUT2D eigenvalue weighted by Gasteiger charge is -2.35. The number of carbonyl (C=O) groups is 3. The maximum atomic E-state index is 13.9. The van der Waals surface area contributed by atoms with Gasteiger partial charge in [0.2, 0.25) is 5.91 Å². The molecule has 2 fully saturated rings. The van der Waals surface area contributed by atoms with Crippen molar-refractivity contribution < 1.29 is 23.9 Å². The third kappa shape index (κ3) is 7.01.